The molecule has 0 radical (unpaired) electrons. The van der Waals surface area contributed by atoms with E-state index in [2.05, 4.69) is 42.8 Å². The lowest BCUT2D eigenvalue weighted by atomic mass is 10.0. The molecule has 0 bridgehead atoms. The molecule has 0 saturated carbocycles. The highest BCUT2D eigenvalue weighted by Crippen LogP contribution is 2.13. The first-order chi connectivity index (χ1) is 22.8. The van der Waals surface area contributed by atoms with Crippen molar-refractivity contribution in [3.05, 3.63) is 66.3 Å². The molecule has 3 aromatic rings. The first-order valence-corrected chi connectivity index (χ1v) is 16.3. The Kier molecular flexibility index (Phi) is 16.0. The van der Waals surface area contributed by atoms with E-state index in [1.165, 1.54) is 50.2 Å². The van der Waals surface area contributed by atoms with Gasteiger partial charge in [0.2, 0.25) is 17.7 Å². The Labute approximate surface area is 275 Å². The first-order valence-electron chi connectivity index (χ1n) is 16.3. The summed E-state index contributed by atoms with van der Waals surface area (Å²) >= 11 is 0. The molecule has 3 amide bonds. The number of ether oxygens (including phenoxy) is 1. The molecule has 0 aliphatic rings. The number of hydrogen-bond donors (Lipinski definition) is 7. The molecule has 2 aromatic heterocycles. The number of hydrogen-bond acceptors (Lipinski definition) is 9. The quantitative estimate of drug-likeness (QED) is 0.0623. The molecule has 8 N–H and O–H groups in total. The van der Waals surface area contributed by atoms with Crippen LogP contribution >= 0.6 is 0 Å². The summed E-state index contributed by atoms with van der Waals surface area (Å²) in [7, 11) is 0. The van der Waals surface area contributed by atoms with E-state index >= 15 is 0 Å². The van der Waals surface area contributed by atoms with Gasteiger partial charge in [-0.05, 0) is 24.1 Å². The number of H-pyrrole nitrogens is 2. The fourth-order valence-corrected chi connectivity index (χ4v) is 5.03. The second-order valence-electron chi connectivity index (χ2n) is 11.5. The molecule has 1 aromatic carbocycles. The second kappa shape index (κ2) is 20.4. The molecule has 0 unspecified atom stereocenters. The molecule has 3 atom stereocenters. The minimum Gasteiger partial charge on any atom is -0.508 e. The molecule has 2 heterocycles. The number of aromatic hydroxyl groups is 1. The van der Waals surface area contributed by atoms with E-state index in [9.17, 15) is 24.3 Å². The lowest BCUT2D eigenvalue weighted by Crippen LogP contribution is -2.57. The predicted octanol–water partition coefficient (Wildman–Crippen LogP) is 1.96. The third-order valence-corrected chi connectivity index (χ3v) is 7.59. The number of nitrogens with one attached hydrogen (secondary N) is 5. The first kappa shape index (κ1) is 36.7. The molecule has 0 spiro atoms. The summed E-state index contributed by atoms with van der Waals surface area (Å²) in [6.45, 7) is 2.23. The van der Waals surface area contributed by atoms with Gasteiger partial charge in [-0.3, -0.25) is 14.4 Å². The Morgan fingerprint density at radius 2 is 1.34 bits per heavy atom. The maximum Gasteiger partial charge on any atom is 0.329 e. The summed E-state index contributed by atoms with van der Waals surface area (Å²) in [6.07, 6.45) is 14.0. The maximum absolute atomic E-state index is 13.7. The van der Waals surface area contributed by atoms with Crippen molar-refractivity contribution in [2.24, 2.45) is 5.73 Å². The zero-order valence-corrected chi connectivity index (χ0v) is 27.0. The van der Waals surface area contributed by atoms with Gasteiger partial charge in [0.25, 0.3) is 0 Å². The van der Waals surface area contributed by atoms with Gasteiger partial charge in [0.15, 0.2) is 0 Å². The highest BCUT2D eigenvalue weighted by molar-refractivity contribution is 5.94. The summed E-state index contributed by atoms with van der Waals surface area (Å²) < 4.78 is 5.23. The van der Waals surface area contributed by atoms with E-state index in [0.29, 0.717) is 23.4 Å². The van der Waals surface area contributed by atoms with Crippen LogP contribution in [0.4, 0.5) is 0 Å². The predicted molar refractivity (Wildman–Crippen MR) is 175 cm³/mol. The van der Waals surface area contributed by atoms with Gasteiger partial charge in [0.05, 0.1) is 12.7 Å². The lowest BCUT2D eigenvalue weighted by Gasteiger charge is -2.25. The Morgan fingerprint density at radius 3 is 1.89 bits per heavy atom. The van der Waals surface area contributed by atoms with Crippen LogP contribution in [0.15, 0.2) is 49.3 Å². The number of carbonyl (C=O) groups is 4. The van der Waals surface area contributed by atoms with Crippen molar-refractivity contribution in [1.82, 2.24) is 35.9 Å². The van der Waals surface area contributed by atoms with Crippen LogP contribution in [-0.4, -0.2) is 80.0 Å². The molecule has 3 rings (SSSR count). The third-order valence-electron chi connectivity index (χ3n) is 7.59. The van der Waals surface area contributed by atoms with Crippen LogP contribution in [0.1, 0.15) is 75.2 Å². The SMILES string of the molecule is CCCCCCCCCC(=O)N[C@@H](Cc1cnc[nH]1)C(=O)N[C@@H](Cc1cnc[nH]1)C(=O)N[C@@H](Cc1ccc(O)cc1)C(=O)OCCN. The number of rotatable bonds is 22. The summed E-state index contributed by atoms with van der Waals surface area (Å²) in [5, 5.41) is 18.0. The molecule has 0 aliphatic heterocycles. The molecule has 14 heteroatoms. The Morgan fingerprint density at radius 1 is 0.787 bits per heavy atom. The van der Waals surface area contributed by atoms with E-state index in [-0.39, 0.29) is 50.5 Å². The fraction of sp³-hybridized carbons (Fsp3) is 0.515. The van der Waals surface area contributed by atoms with Crippen LogP contribution < -0.4 is 21.7 Å². The Bertz CT molecular complexity index is 1350. The number of phenols is 1. The highest BCUT2D eigenvalue weighted by Gasteiger charge is 2.31. The van der Waals surface area contributed by atoms with Gasteiger partial charge < -0.3 is 41.5 Å². The average molecular weight is 653 g/mol. The number of carbonyl (C=O) groups excluding carboxylic acids is 4. The van der Waals surface area contributed by atoms with Crippen molar-refractivity contribution >= 4 is 23.7 Å². The molecule has 47 heavy (non-hydrogen) atoms. The molecule has 256 valence electrons. The number of amides is 3. The maximum atomic E-state index is 13.7. The number of nitrogens with two attached hydrogens (primary N) is 1. The van der Waals surface area contributed by atoms with Crippen molar-refractivity contribution in [2.45, 2.75) is 95.7 Å². The standard InChI is InChI=1S/C33H48N8O6/c1-2-3-4-5-6-7-8-9-30(43)39-27(17-24-19-35-21-37-24)31(44)40-28(18-25-20-36-22-38-25)32(45)41-29(33(46)47-15-14-34)16-23-10-12-26(42)13-11-23/h10-13,19-22,27-29,42H,2-9,14-18,34H2,1H3,(H,35,37)(H,36,38)(H,39,43)(H,40,44)(H,41,45)/t27-,28-,29-/m0/s1. The number of phenolic OH excluding ortho intramolecular Hbond substituents is 1. The van der Waals surface area contributed by atoms with Crippen LogP contribution in [0.3, 0.4) is 0 Å². The number of unbranched alkanes of at least 4 members (excludes halogenated alkanes) is 6. The number of nitrogens with zero attached hydrogens (tertiary/aromatic N) is 2. The minimum atomic E-state index is -1.14. The van der Waals surface area contributed by atoms with Crippen LogP contribution in [-0.2, 0) is 43.2 Å². The summed E-state index contributed by atoms with van der Waals surface area (Å²) in [6, 6.07) is 2.96. The minimum absolute atomic E-state index is 0.0319. The lowest BCUT2D eigenvalue weighted by molar-refractivity contribution is -0.147. The third kappa shape index (κ3) is 13.7. The molecule has 0 saturated heterocycles. The Hall–Kier alpha value is -4.72. The van der Waals surface area contributed by atoms with E-state index in [1.54, 1.807) is 18.3 Å². The van der Waals surface area contributed by atoms with Gasteiger partial charge in [-0.25, -0.2) is 14.8 Å². The monoisotopic (exact) mass is 652 g/mol. The number of aromatic nitrogens is 4. The van der Waals surface area contributed by atoms with Crippen molar-refractivity contribution in [1.29, 1.82) is 0 Å². The second-order valence-corrected chi connectivity index (χ2v) is 11.5. The summed E-state index contributed by atoms with van der Waals surface area (Å²) in [5.74, 6) is -2.12. The summed E-state index contributed by atoms with van der Waals surface area (Å²) in [5.41, 5.74) is 7.37. The van der Waals surface area contributed by atoms with Crippen LogP contribution in [0.2, 0.25) is 0 Å². The number of esters is 1. The van der Waals surface area contributed by atoms with Gasteiger partial charge >= 0.3 is 5.97 Å². The number of aromatic amines is 2. The molecular formula is C33H48N8O6. The molecule has 14 nitrogen and oxygen atoms in total. The molecular weight excluding hydrogens is 604 g/mol. The van der Waals surface area contributed by atoms with E-state index in [0.717, 1.165) is 19.3 Å². The van der Waals surface area contributed by atoms with Crippen molar-refractivity contribution in [2.75, 3.05) is 13.2 Å². The van der Waals surface area contributed by atoms with Crippen molar-refractivity contribution in [3.63, 3.8) is 0 Å². The van der Waals surface area contributed by atoms with Gasteiger partial charge in [-0.15, -0.1) is 0 Å². The van der Waals surface area contributed by atoms with E-state index in [4.69, 9.17) is 10.5 Å². The largest absolute Gasteiger partial charge is 0.508 e. The van der Waals surface area contributed by atoms with Crippen molar-refractivity contribution < 1.29 is 29.0 Å². The van der Waals surface area contributed by atoms with E-state index in [1.807, 2.05) is 0 Å². The number of imidazole rings is 2. The van der Waals surface area contributed by atoms with E-state index < -0.39 is 35.9 Å². The van der Waals surface area contributed by atoms with Crippen LogP contribution in [0.5, 0.6) is 5.75 Å². The zero-order chi connectivity index (χ0) is 33.9. The van der Waals surface area contributed by atoms with Crippen molar-refractivity contribution in [3.8, 4) is 5.75 Å². The normalized spacial score (nSPS) is 12.9. The highest BCUT2D eigenvalue weighted by atomic mass is 16.5. The average Bonchev–Trinajstić information content (AvgIpc) is 3.78. The fourth-order valence-electron chi connectivity index (χ4n) is 5.03. The van der Waals surface area contributed by atoms with Gasteiger partial charge in [-0.1, -0.05) is 57.6 Å². The smallest absolute Gasteiger partial charge is 0.329 e. The topological polar surface area (TPSA) is 217 Å². The molecule has 0 aliphatic carbocycles. The van der Waals surface area contributed by atoms with Crippen LogP contribution in [0.25, 0.3) is 0 Å². The summed E-state index contributed by atoms with van der Waals surface area (Å²) in [4.78, 5) is 67.2. The van der Waals surface area contributed by atoms with Crippen LogP contribution in [0, 0.1) is 0 Å². The van der Waals surface area contributed by atoms with Gasteiger partial charge in [-0.2, -0.15) is 0 Å². The van der Waals surface area contributed by atoms with Gasteiger partial charge in [0.1, 0.15) is 30.5 Å². The Balaban J connectivity index is 1.72. The zero-order valence-electron chi connectivity index (χ0n) is 27.0. The number of benzene rings is 1. The van der Waals surface area contributed by atoms with Gasteiger partial charge in [0, 0.05) is 56.0 Å². The molecule has 0 fully saturated rings.